The van der Waals surface area contributed by atoms with Crippen LogP contribution in [0.1, 0.15) is 5.56 Å². The summed E-state index contributed by atoms with van der Waals surface area (Å²) in [5, 5.41) is 0.452. The lowest BCUT2D eigenvalue weighted by atomic mass is 10.2. The molecule has 0 saturated heterocycles. The first-order chi connectivity index (χ1) is 7.24. The Morgan fingerprint density at radius 3 is 2.53 bits per heavy atom. The lowest BCUT2D eigenvalue weighted by Gasteiger charge is -2.12. The van der Waals surface area contributed by atoms with Crippen LogP contribution < -0.4 is 9.47 Å². The van der Waals surface area contributed by atoms with E-state index in [0.717, 1.165) is 5.56 Å². The summed E-state index contributed by atoms with van der Waals surface area (Å²) in [6, 6.07) is 3.39. The number of nitrogens with zero attached hydrogens (tertiary/aromatic N) is 1. The average molecular weight is 228 g/mol. The predicted octanol–water partition coefficient (Wildman–Crippen LogP) is 2.19. The van der Waals surface area contributed by atoms with E-state index in [1.54, 1.807) is 12.1 Å². The molecule has 0 heterocycles. The fourth-order valence-electron chi connectivity index (χ4n) is 1.24. The lowest BCUT2D eigenvalue weighted by Crippen LogP contribution is -1.96. The third-order valence-corrected chi connectivity index (χ3v) is 2.17. The molecule has 0 bridgehead atoms. The average Bonchev–Trinajstić information content (AvgIpc) is 2.26. The summed E-state index contributed by atoms with van der Waals surface area (Å²) in [6.07, 6.45) is 1.47. The minimum Gasteiger partial charge on any atom is -0.492 e. The first kappa shape index (κ1) is 11.6. The minimum absolute atomic E-state index is 0.195. The summed E-state index contributed by atoms with van der Waals surface area (Å²) < 4.78 is 10.2. The van der Waals surface area contributed by atoms with Gasteiger partial charge in [0.15, 0.2) is 11.5 Å². The van der Waals surface area contributed by atoms with Crippen molar-refractivity contribution >= 4 is 17.7 Å². The Balaban J connectivity index is 3.21. The second-order valence-electron chi connectivity index (χ2n) is 2.68. The molecule has 0 unspecified atom stereocenters. The van der Waals surface area contributed by atoms with E-state index >= 15 is 0 Å². The van der Waals surface area contributed by atoms with Crippen molar-refractivity contribution in [2.75, 3.05) is 14.2 Å². The molecule has 0 aliphatic heterocycles. The van der Waals surface area contributed by atoms with Gasteiger partial charge in [-0.15, -0.1) is 0 Å². The topological polar surface area (TPSA) is 47.9 Å². The van der Waals surface area contributed by atoms with Crippen molar-refractivity contribution in [2.24, 2.45) is 4.99 Å². The van der Waals surface area contributed by atoms with Gasteiger partial charge in [-0.2, -0.15) is 0 Å². The summed E-state index contributed by atoms with van der Waals surface area (Å²) >= 11 is 5.90. The molecule has 1 aromatic rings. The van der Waals surface area contributed by atoms with E-state index in [9.17, 15) is 4.79 Å². The number of carbonyl (C=O) groups excluding carboxylic acids is 1. The molecule has 0 atom stereocenters. The van der Waals surface area contributed by atoms with Crippen molar-refractivity contribution in [1.82, 2.24) is 0 Å². The molecule has 0 radical (unpaired) electrons. The van der Waals surface area contributed by atoms with E-state index in [1.165, 1.54) is 20.3 Å². The maximum absolute atomic E-state index is 10.0. The molecule has 0 N–H and O–H groups in total. The normalized spacial score (nSPS) is 9.27. The van der Waals surface area contributed by atoms with Crippen LogP contribution in [-0.2, 0) is 11.3 Å². The van der Waals surface area contributed by atoms with Gasteiger partial charge in [-0.3, -0.25) is 0 Å². The molecule has 0 spiro atoms. The number of isocyanates is 1. The van der Waals surface area contributed by atoms with Gasteiger partial charge in [0, 0.05) is 5.56 Å². The number of methoxy groups -OCH3 is 2. The zero-order valence-electron chi connectivity index (χ0n) is 8.41. The highest BCUT2D eigenvalue weighted by atomic mass is 35.5. The standard InChI is InChI=1S/C10H10ClNO3/c1-14-9-7(5-12-6-13)3-4-8(11)10(9)15-2/h3-4H,5H2,1-2H3. The summed E-state index contributed by atoms with van der Waals surface area (Å²) in [5.41, 5.74) is 0.724. The maximum Gasteiger partial charge on any atom is 0.235 e. The molecule has 4 nitrogen and oxygen atoms in total. The van der Waals surface area contributed by atoms with Crippen LogP contribution in [0.2, 0.25) is 5.02 Å². The van der Waals surface area contributed by atoms with Gasteiger partial charge < -0.3 is 9.47 Å². The Bertz CT molecular complexity index is 400. The molecular weight excluding hydrogens is 218 g/mol. The fourth-order valence-corrected chi connectivity index (χ4v) is 1.46. The number of hydrogen-bond donors (Lipinski definition) is 0. The second kappa shape index (κ2) is 5.39. The summed E-state index contributed by atoms with van der Waals surface area (Å²) in [6.45, 7) is 0.195. The molecule has 0 saturated carbocycles. The highest BCUT2D eigenvalue weighted by molar-refractivity contribution is 6.32. The summed E-state index contributed by atoms with van der Waals surface area (Å²) in [4.78, 5) is 13.5. The number of ether oxygens (including phenoxy) is 2. The monoisotopic (exact) mass is 227 g/mol. The quantitative estimate of drug-likeness (QED) is 0.585. The van der Waals surface area contributed by atoms with Crippen LogP contribution in [0.4, 0.5) is 0 Å². The highest BCUT2D eigenvalue weighted by Crippen LogP contribution is 2.37. The Morgan fingerprint density at radius 2 is 2.00 bits per heavy atom. The number of benzene rings is 1. The molecule has 0 aromatic heterocycles. The predicted molar refractivity (Wildman–Crippen MR) is 56.4 cm³/mol. The first-order valence-corrected chi connectivity index (χ1v) is 4.55. The SMILES string of the molecule is COc1c(Cl)ccc(CN=C=O)c1OC. The number of halogens is 1. The Labute approximate surface area is 92.5 Å². The number of hydrogen-bond acceptors (Lipinski definition) is 4. The number of aliphatic imine (C=N–C) groups is 1. The van der Waals surface area contributed by atoms with Gasteiger partial charge >= 0.3 is 0 Å². The first-order valence-electron chi connectivity index (χ1n) is 4.17. The molecule has 0 fully saturated rings. The Hall–Kier alpha value is -1.51. The summed E-state index contributed by atoms with van der Waals surface area (Å²) in [7, 11) is 3.00. The third-order valence-electron chi connectivity index (χ3n) is 1.87. The van der Waals surface area contributed by atoms with Crippen molar-refractivity contribution in [3.63, 3.8) is 0 Å². The van der Waals surface area contributed by atoms with Crippen LogP contribution >= 0.6 is 11.6 Å². The van der Waals surface area contributed by atoms with Gasteiger partial charge in [-0.1, -0.05) is 17.7 Å². The van der Waals surface area contributed by atoms with Gasteiger partial charge in [-0.05, 0) is 6.07 Å². The van der Waals surface area contributed by atoms with Crippen LogP contribution in [0.25, 0.3) is 0 Å². The zero-order chi connectivity index (χ0) is 11.3. The van der Waals surface area contributed by atoms with Gasteiger partial charge in [0.25, 0.3) is 0 Å². The van der Waals surface area contributed by atoms with Crippen LogP contribution in [0, 0.1) is 0 Å². The minimum atomic E-state index is 0.195. The fraction of sp³-hybridized carbons (Fsp3) is 0.300. The van der Waals surface area contributed by atoms with Gasteiger partial charge in [-0.25, -0.2) is 9.79 Å². The van der Waals surface area contributed by atoms with Crippen molar-refractivity contribution < 1.29 is 14.3 Å². The number of rotatable bonds is 4. The summed E-state index contributed by atoms with van der Waals surface area (Å²) in [5.74, 6) is 0.932. The van der Waals surface area contributed by atoms with Crippen molar-refractivity contribution in [1.29, 1.82) is 0 Å². The van der Waals surface area contributed by atoms with E-state index in [4.69, 9.17) is 21.1 Å². The van der Waals surface area contributed by atoms with E-state index in [1.807, 2.05) is 0 Å². The zero-order valence-corrected chi connectivity index (χ0v) is 9.17. The van der Waals surface area contributed by atoms with E-state index in [2.05, 4.69) is 4.99 Å². The van der Waals surface area contributed by atoms with E-state index < -0.39 is 0 Å². The van der Waals surface area contributed by atoms with Gasteiger partial charge in [0.05, 0.1) is 25.8 Å². The molecule has 0 aliphatic carbocycles. The Morgan fingerprint density at radius 1 is 1.33 bits per heavy atom. The van der Waals surface area contributed by atoms with Gasteiger partial charge in [0.2, 0.25) is 6.08 Å². The molecule has 1 aromatic carbocycles. The third kappa shape index (κ3) is 2.49. The van der Waals surface area contributed by atoms with Crippen LogP contribution in [0.3, 0.4) is 0 Å². The van der Waals surface area contributed by atoms with Crippen molar-refractivity contribution in [3.8, 4) is 11.5 Å². The molecule has 80 valence electrons. The largest absolute Gasteiger partial charge is 0.492 e. The van der Waals surface area contributed by atoms with Crippen LogP contribution in [0.5, 0.6) is 11.5 Å². The second-order valence-corrected chi connectivity index (χ2v) is 3.09. The van der Waals surface area contributed by atoms with E-state index in [-0.39, 0.29) is 6.54 Å². The van der Waals surface area contributed by atoms with Crippen molar-refractivity contribution in [2.45, 2.75) is 6.54 Å². The van der Waals surface area contributed by atoms with Crippen LogP contribution in [-0.4, -0.2) is 20.3 Å². The molecule has 5 heteroatoms. The van der Waals surface area contributed by atoms with E-state index in [0.29, 0.717) is 16.5 Å². The molecule has 0 amide bonds. The van der Waals surface area contributed by atoms with Crippen molar-refractivity contribution in [3.05, 3.63) is 22.7 Å². The van der Waals surface area contributed by atoms with Crippen LogP contribution in [0.15, 0.2) is 17.1 Å². The maximum atomic E-state index is 10.0. The smallest absolute Gasteiger partial charge is 0.235 e. The molecular formula is C10H10ClNO3. The molecule has 15 heavy (non-hydrogen) atoms. The Kier molecular flexibility index (Phi) is 4.16. The van der Waals surface area contributed by atoms with Gasteiger partial charge in [0.1, 0.15) is 0 Å². The lowest BCUT2D eigenvalue weighted by molar-refractivity contribution is 0.352. The highest BCUT2D eigenvalue weighted by Gasteiger charge is 2.13. The molecule has 1 rings (SSSR count). The molecule has 0 aliphatic rings.